The van der Waals surface area contributed by atoms with Crippen molar-refractivity contribution in [3.8, 4) is 5.40 Å². The van der Waals surface area contributed by atoms with Gasteiger partial charge in [-0.15, -0.1) is 0 Å². The van der Waals surface area contributed by atoms with Crippen molar-refractivity contribution in [3.63, 3.8) is 0 Å². The van der Waals surface area contributed by atoms with Gasteiger partial charge in [0, 0.05) is 8.47 Å². The van der Waals surface area contributed by atoms with Gasteiger partial charge in [-0.3, -0.25) is 0 Å². The summed E-state index contributed by atoms with van der Waals surface area (Å²) in [6, 6.07) is 7.82. The third-order valence-corrected chi connectivity index (χ3v) is 2.97. The molecule has 0 N–H and O–H groups in total. The third kappa shape index (κ3) is 1.89. The lowest BCUT2D eigenvalue weighted by Gasteiger charge is -1.94. The number of halogens is 1. The number of thiocyanates is 1. The highest BCUT2D eigenvalue weighted by atomic mass is 127. The summed E-state index contributed by atoms with van der Waals surface area (Å²) in [6.45, 7) is 0. The predicted molar refractivity (Wildman–Crippen MR) is 50.6 cm³/mol. The number of benzene rings is 1. The molecular formula is C7H4INS. The summed E-state index contributed by atoms with van der Waals surface area (Å²) in [5, 5.41) is 10.4. The van der Waals surface area contributed by atoms with E-state index in [1.54, 1.807) is 0 Å². The minimum atomic E-state index is 1.03. The van der Waals surface area contributed by atoms with Crippen LogP contribution >= 0.6 is 34.4 Å². The van der Waals surface area contributed by atoms with Crippen LogP contribution in [0, 0.1) is 14.2 Å². The summed E-state index contributed by atoms with van der Waals surface area (Å²) in [6.07, 6.45) is 0. The minimum absolute atomic E-state index is 1.03. The third-order valence-electron chi connectivity index (χ3n) is 0.992. The van der Waals surface area contributed by atoms with E-state index in [2.05, 4.69) is 22.6 Å². The summed E-state index contributed by atoms with van der Waals surface area (Å²) in [7, 11) is 0. The molecule has 0 saturated carbocycles. The monoisotopic (exact) mass is 261 g/mol. The molecule has 0 amide bonds. The van der Waals surface area contributed by atoms with E-state index in [0.717, 1.165) is 8.47 Å². The van der Waals surface area contributed by atoms with Gasteiger partial charge in [-0.2, -0.15) is 5.26 Å². The first-order valence-electron chi connectivity index (χ1n) is 2.65. The van der Waals surface area contributed by atoms with Gasteiger partial charge < -0.3 is 0 Å². The Balaban J connectivity index is 2.94. The highest BCUT2D eigenvalue weighted by Crippen LogP contribution is 2.22. The maximum Gasteiger partial charge on any atom is 0.138 e. The van der Waals surface area contributed by atoms with E-state index in [1.165, 1.54) is 11.8 Å². The lowest BCUT2D eigenvalue weighted by Crippen LogP contribution is -1.73. The van der Waals surface area contributed by atoms with Crippen LogP contribution < -0.4 is 0 Å². The van der Waals surface area contributed by atoms with Crippen molar-refractivity contribution in [3.05, 3.63) is 27.8 Å². The first kappa shape index (κ1) is 7.89. The van der Waals surface area contributed by atoms with Crippen molar-refractivity contribution < 1.29 is 0 Å². The molecule has 0 bridgehead atoms. The van der Waals surface area contributed by atoms with Crippen LogP contribution in [0.5, 0.6) is 0 Å². The summed E-state index contributed by atoms with van der Waals surface area (Å²) in [4.78, 5) is 1.03. The van der Waals surface area contributed by atoms with Crippen molar-refractivity contribution >= 4 is 34.4 Å². The van der Waals surface area contributed by atoms with Crippen LogP contribution in [0.25, 0.3) is 0 Å². The number of hydrogen-bond donors (Lipinski definition) is 0. The zero-order valence-electron chi connectivity index (χ0n) is 5.04. The fraction of sp³-hybridized carbons (Fsp3) is 0. The van der Waals surface area contributed by atoms with Crippen LogP contribution in [-0.2, 0) is 0 Å². The van der Waals surface area contributed by atoms with Crippen molar-refractivity contribution in [2.75, 3.05) is 0 Å². The Bertz CT molecular complexity index is 267. The van der Waals surface area contributed by atoms with Gasteiger partial charge in [0.2, 0.25) is 0 Å². The smallest absolute Gasteiger partial charge is 0.138 e. The molecule has 1 rings (SSSR count). The molecule has 3 heteroatoms. The summed E-state index contributed by atoms with van der Waals surface area (Å²) in [5.41, 5.74) is 0. The molecule has 0 unspecified atom stereocenters. The first-order valence-corrected chi connectivity index (χ1v) is 4.54. The fourth-order valence-electron chi connectivity index (χ4n) is 0.577. The number of nitrogens with zero attached hydrogens (tertiary/aromatic N) is 1. The first-order chi connectivity index (χ1) is 4.84. The number of nitriles is 1. The Morgan fingerprint density at radius 2 is 2.10 bits per heavy atom. The Morgan fingerprint density at radius 3 is 2.70 bits per heavy atom. The summed E-state index contributed by atoms with van der Waals surface area (Å²) in [5.74, 6) is 0. The molecule has 1 aromatic carbocycles. The molecular weight excluding hydrogens is 257 g/mol. The number of hydrogen-bond acceptors (Lipinski definition) is 2. The fourth-order valence-corrected chi connectivity index (χ4v) is 1.70. The van der Waals surface area contributed by atoms with E-state index in [4.69, 9.17) is 5.26 Å². The van der Waals surface area contributed by atoms with Gasteiger partial charge >= 0.3 is 0 Å². The van der Waals surface area contributed by atoms with Gasteiger partial charge in [-0.1, -0.05) is 12.1 Å². The molecule has 0 radical (unpaired) electrons. The van der Waals surface area contributed by atoms with Crippen molar-refractivity contribution in [2.24, 2.45) is 0 Å². The average Bonchev–Trinajstić information content (AvgIpc) is 1.94. The molecule has 0 fully saturated rings. The van der Waals surface area contributed by atoms with E-state index in [1.807, 2.05) is 29.7 Å². The summed E-state index contributed by atoms with van der Waals surface area (Å²) < 4.78 is 1.13. The SMILES string of the molecule is N#CSc1ccccc1I. The van der Waals surface area contributed by atoms with Crippen LogP contribution in [0.15, 0.2) is 29.2 Å². The zero-order valence-corrected chi connectivity index (χ0v) is 8.02. The predicted octanol–water partition coefficient (Wildman–Crippen LogP) is 2.86. The maximum atomic E-state index is 8.35. The largest absolute Gasteiger partial charge is 0.185 e. The van der Waals surface area contributed by atoms with Gasteiger partial charge in [0.25, 0.3) is 0 Å². The van der Waals surface area contributed by atoms with Gasteiger partial charge in [-0.25, -0.2) is 0 Å². The van der Waals surface area contributed by atoms with Crippen molar-refractivity contribution in [1.82, 2.24) is 0 Å². The molecule has 0 spiro atoms. The summed E-state index contributed by atoms with van der Waals surface area (Å²) >= 11 is 3.41. The highest BCUT2D eigenvalue weighted by Gasteiger charge is 1.95. The molecule has 50 valence electrons. The van der Waals surface area contributed by atoms with E-state index in [9.17, 15) is 0 Å². The van der Waals surface area contributed by atoms with Crippen LogP contribution in [0.2, 0.25) is 0 Å². The Labute approximate surface area is 77.6 Å². The normalized spacial score (nSPS) is 8.80. The topological polar surface area (TPSA) is 23.8 Å². The van der Waals surface area contributed by atoms with Gasteiger partial charge in [-0.05, 0) is 46.5 Å². The average molecular weight is 261 g/mol. The van der Waals surface area contributed by atoms with Crippen molar-refractivity contribution in [1.29, 1.82) is 5.26 Å². The lowest BCUT2D eigenvalue weighted by atomic mass is 10.4. The Kier molecular flexibility index (Phi) is 3.03. The van der Waals surface area contributed by atoms with Crippen LogP contribution in [0.3, 0.4) is 0 Å². The van der Waals surface area contributed by atoms with E-state index >= 15 is 0 Å². The van der Waals surface area contributed by atoms with Crippen LogP contribution in [0.1, 0.15) is 0 Å². The Hall–Kier alpha value is -0.210. The van der Waals surface area contributed by atoms with Crippen molar-refractivity contribution in [2.45, 2.75) is 4.90 Å². The molecule has 1 nitrogen and oxygen atoms in total. The zero-order chi connectivity index (χ0) is 7.40. The lowest BCUT2D eigenvalue weighted by molar-refractivity contribution is 1.41. The van der Waals surface area contributed by atoms with Crippen LogP contribution in [-0.4, -0.2) is 0 Å². The second-order valence-corrected chi connectivity index (χ2v) is 3.61. The van der Waals surface area contributed by atoms with E-state index in [-0.39, 0.29) is 0 Å². The standard InChI is InChI=1S/C7H4INS/c8-6-3-1-2-4-7(6)10-5-9/h1-4H. The second kappa shape index (κ2) is 3.84. The Morgan fingerprint density at radius 1 is 1.40 bits per heavy atom. The molecule has 0 aliphatic heterocycles. The molecule has 1 aromatic rings. The van der Waals surface area contributed by atoms with Gasteiger partial charge in [0.1, 0.15) is 5.40 Å². The molecule has 0 aliphatic carbocycles. The van der Waals surface area contributed by atoms with E-state index in [0.29, 0.717) is 0 Å². The van der Waals surface area contributed by atoms with E-state index < -0.39 is 0 Å². The number of thioether (sulfide) groups is 1. The molecule has 0 saturated heterocycles. The van der Waals surface area contributed by atoms with Gasteiger partial charge in [0.05, 0.1) is 0 Å². The molecule has 10 heavy (non-hydrogen) atoms. The highest BCUT2D eigenvalue weighted by molar-refractivity contribution is 14.1. The van der Waals surface area contributed by atoms with Gasteiger partial charge in [0.15, 0.2) is 0 Å². The van der Waals surface area contributed by atoms with Crippen LogP contribution in [0.4, 0.5) is 0 Å². The molecule has 0 heterocycles. The number of rotatable bonds is 1. The second-order valence-electron chi connectivity index (χ2n) is 1.62. The molecule has 0 aliphatic rings. The molecule has 0 aromatic heterocycles. The quantitative estimate of drug-likeness (QED) is 0.441. The maximum absolute atomic E-state index is 8.35. The minimum Gasteiger partial charge on any atom is -0.185 e. The molecule has 0 atom stereocenters.